The molecule has 3 aromatic rings. The third-order valence-electron chi connectivity index (χ3n) is 4.26. The first kappa shape index (κ1) is 18.6. The molecule has 2 aromatic carbocycles. The third kappa shape index (κ3) is 4.12. The highest BCUT2D eigenvalue weighted by atomic mass is 32.2. The van der Waals surface area contributed by atoms with E-state index in [1.54, 1.807) is 6.26 Å². The maximum absolute atomic E-state index is 12.7. The van der Waals surface area contributed by atoms with Gasteiger partial charge in [0.25, 0.3) is 0 Å². The van der Waals surface area contributed by atoms with Crippen LogP contribution in [0.2, 0.25) is 0 Å². The minimum Gasteiger partial charge on any atom is -0.464 e. The van der Waals surface area contributed by atoms with Crippen LogP contribution >= 0.6 is 11.8 Å². The van der Waals surface area contributed by atoms with Gasteiger partial charge in [-0.2, -0.15) is 0 Å². The SMILES string of the molecule is CS[C@H](C(=O)N[C@@H](Cc1coc2ccccc12)B(O)O)c1ccccc1. The summed E-state index contributed by atoms with van der Waals surface area (Å²) in [5.74, 6) is -1.09. The summed E-state index contributed by atoms with van der Waals surface area (Å²) in [6.07, 6.45) is 3.71. The van der Waals surface area contributed by atoms with Crippen molar-refractivity contribution in [1.29, 1.82) is 0 Å². The van der Waals surface area contributed by atoms with E-state index in [0.717, 1.165) is 22.1 Å². The number of carbonyl (C=O) groups excluding carboxylic acids is 1. The van der Waals surface area contributed by atoms with Crippen molar-refractivity contribution in [1.82, 2.24) is 5.32 Å². The van der Waals surface area contributed by atoms with Crippen molar-refractivity contribution < 1.29 is 19.3 Å². The molecule has 0 saturated heterocycles. The Balaban J connectivity index is 1.77. The molecule has 1 amide bonds. The molecule has 0 spiro atoms. The highest BCUT2D eigenvalue weighted by molar-refractivity contribution is 7.99. The highest BCUT2D eigenvalue weighted by Crippen LogP contribution is 2.27. The zero-order chi connectivity index (χ0) is 18.5. The second-order valence-corrected chi connectivity index (χ2v) is 6.96. The zero-order valence-electron chi connectivity index (χ0n) is 14.3. The van der Waals surface area contributed by atoms with Gasteiger partial charge in [0.05, 0.1) is 12.2 Å². The van der Waals surface area contributed by atoms with Crippen molar-refractivity contribution in [3.63, 3.8) is 0 Å². The Morgan fingerprint density at radius 2 is 1.85 bits per heavy atom. The number of benzene rings is 2. The Morgan fingerprint density at radius 3 is 2.54 bits per heavy atom. The Labute approximate surface area is 156 Å². The number of nitrogens with one attached hydrogen (secondary N) is 1. The molecule has 0 saturated carbocycles. The summed E-state index contributed by atoms with van der Waals surface area (Å²) in [7, 11) is -1.68. The Kier molecular flexibility index (Phi) is 6.03. The van der Waals surface area contributed by atoms with Gasteiger partial charge in [-0.25, -0.2) is 0 Å². The van der Waals surface area contributed by atoms with Crippen LogP contribution in [0.3, 0.4) is 0 Å². The third-order valence-corrected chi connectivity index (χ3v) is 5.22. The average molecular weight is 369 g/mol. The molecule has 0 radical (unpaired) electrons. The summed E-state index contributed by atoms with van der Waals surface area (Å²) < 4.78 is 5.49. The molecule has 1 aromatic heterocycles. The molecule has 0 aliphatic rings. The van der Waals surface area contributed by atoms with Crippen LogP contribution in [0.25, 0.3) is 11.0 Å². The average Bonchev–Trinajstić information content (AvgIpc) is 3.06. The molecule has 134 valence electrons. The molecular formula is C19H20BNO4S. The summed E-state index contributed by atoms with van der Waals surface area (Å²) in [4.78, 5) is 12.7. The van der Waals surface area contributed by atoms with Crippen molar-refractivity contribution in [2.75, 3.05) is 6.26 Å². The van der Waals surface area contributed by atoms with E-state index in [9.17, 15) is 14.8 Å². The van der Waals surface area contributed by atoms with Gasteiger partial charge < -0.3 is 19.8 Å². The number of rotatable bonds is 7. The number of hydrogen-bond donors (Lipinski definition) is 3. The van der Waals surface area contributed by atoms with Gasteiger partial charge in [-0.05, 0) is 29.9 Å². The first-order chi connectivity index (χ1) is 12.6. The number of para-hydroxylation sites is 1. The van der Waals surface area contributed by atoms with Gasteiger partial charge in [0, 0.05) is 5.39 Å². The molecule has 0 aliphatic carbocycles. The van der Waals surface area contributed by atoms with E-state index in [4.69, 9.17) is 4.42 Å². The predicted octanol–water partition coefficient (Wildman–Crippen LogP) is 2.58. The fraction of sp³-hybridized carbons (Fsp3) is 0.211. The number of amides is 1. The first-order valence-electron chi connectivity index (χ1n) is 8.29. The molecule has 0 aliphatic heterocycles. The van der Waals surface area contributed by atoms with Crippen molar-refractivity contribution in [3.05, 3.63) is 72.0 Å². The van der Waals surface area contributed by atoms with E-state index in [0.29, 0.717) is 0 Å². The van der Waals surface area contributed by atoms with Gasteiger partial charge in [0.2, 0.25) is 5.91 Å². The van der Waals surface area contributed by atoms with E-state index < -0.39 is 18.3 Å². The van der Waals surface area contributed by atoms with E-state index in [-0.39, 0.29) is 12.3 Å². The van der Waals surface area contributed by atoms with Gasteiger partial charge in [-0.3, -0.25) is 4.79 Å². The predicted molar refractivity (Wildman–Crippen MR) is 105 cm³/mol. The van der Waals surface area contributed by atoms with Crippen LogP contribution in [0, 0.1) is 0 Å². The fourth-order valence-corrected chi connectivity index (χ4v) is 3.65. The van der Waals surface area contributed by atoms with Crippen molar-refractivity contribution in [2.45, 2.75) is 17.6 Å². The molecule has 3 N–H and O–H groups in total. The Hall–Kier alpha value is -2.22. The topological polar surface area (TPSA) is 82.7 Å². The van der Waals surface area contributed by atoms with Crippen LogP contribution in [0.1, 0.15) is 16.4 Å². The lowest BCUT2D eigenvalue weighted by molar-refractivity contribution is -0.121. The molecule has 5 nitrogen and oxygen atoms in total. The van der Waals surface area contributed by atoms with Gasteiger partial charge in [0.1, 0.15) is 10.8 Å². The summed E-state index contributed by atoms with van der Waals surface area (Å²) in [6, 6.07) is 16.9. The van der Waals surface area contributed by atoms with Gasteiger partial charge in [0.15, 0.2) is 0 Å². The Morgan fingerprint density at radius 1 is 1.15 bits per heavy atom. The lowest BCUT2D eigenvalue weighted by Crippen LogP contribution is -2.49. The summed E-state index contributed by atoms with van der Waals surface area (Å²) in [5, 5.41) is 22.8. The molecular weight excluding hydrogens is 349 g/mol. The normalized spacial score (nSPS) is 13.3. The van der Waals surface area contributed by atoms with Gasteiger partial charge >= 0.3 is 7.12 Å². The number of furan rings is 1. The van der Waals surface area contributed by atoms with Crippen molar-refractivity contribution >= 4 is 35.8 Å². The summed E-state index contributed by atoms with van der Waals surface area (Å²) in [5.41, 5.74) is 2.42. The Bertz CT molecular complexity index is 868. The van der Waals surface area contributed by atoms with Crippen molar-refractivity contribution in [3.8, 4) is 0 Å². The molecule has 0 unspecified atom stereocenters. The molecule has 7 heteroatoms. The van der Waals surface area contributed by atoms with E-state index in [1.807, 2.05) is 60.9 Å². The van der Waals surface area contributed by atoms with E-state index in [1.165, 1.54) is 11.8 Å². The molecule has 0 fully saturated rings. The van der Waals surface area contributed by atoms with Crippen LogP contribution in [-0.4, -0.2) is 35.3 Å². The fourth-order valence-electron chi connectivity index (χ4n) is 2.94. The highest BCUT2D eigenvalue weighted by Gasteiger charge is 2.30. The number of fused-ring (bicyclic) bond motifs is 1. The number of thioether (sulfide) groups is 1. The van der Waals surface area contributed by atoms with E-state index >= 15 is 0 Å². The van der Waals surface area contributed by atoms with Crippen LogP contribution in [0.4, 0.5) is 0 Å². The maximum Gasteiger partial charge on any atom is 0.475 e. The molecule has 3 rings (SSSR count). The summed E-state index contributed by atoms with van der Waals surface area (Å²) in [6.45, 7) is 0. The molecule has 0 bridgehead atoms. The van der Waals surface area contributed by atoms with Crippen LogP contribution in [0.15, 0.2) is 65.3 Å². The van der Waals surface area contributed by atoms with Crippen LogP contribution in [0.5, 0.6) is 0 Å². The minimum atomic E-state index is -1.68. The standard InChI is InChI=1S/C19H20BNO4S/c1-26-18(13-7-3-2-4-8-13)19(22)21-17(20(23)24)11-14-12-25-16-10-6-5-9-15(14)16/h2-10,12,17-18,23-24H,11H2,1H3,(H,21,22)/t17-,18-/m0/s1. The smallest absolute Gasteiger partial charge is 0.464 e. The second-order valence-electron chi connectivity index (χ2n) is 6.02. The lowest BCUT2D eigenvalue weighted by atomic mass is 9.75. The zero-order valence-corrected chi connectivity index (χ0v) is 15.1. The second kappa shape index (κ2) is 8.44. The molecule has 1 heterocycles. The molecule has 2 atom stereocenters. The van der Waals surface area contributed by atoms with Crippen LogP contribution < -0.4 is 5.32 Å². The summed E-state index contributed by atoms with van der Waals surface area (Å²) >= 11 is 1.40. The van der Waals surface area contributed by atoms with Gasteiger partial charge in [-0.1, -0.05) is 48.5 Å². The number of hydrogen-bond acceptors (Lipinski definition) is 5. The maximum atomic E-state index is 12.7. The van der Waals surface area contributed by atoms with Crippen molar-refractivity contribution in [2.24, 2.45) is 0 Å². The number of carbonyl (C=O) groups is 1. The minimum absolute atomic E-state index is 0.255. The molecule has 26 heavy (non-hydrogen) atoms. The first-order valence-corrected chi connectivity index (χ1v) is 9.58. The quantitative estimate of drug-likeness (QED) is 0.558. The monoisotopic (exact) mass is 369 g/mol. The van der Waals surface area contributed by atoms with Crippen LogP contribution in [-0.2, 0) is 11.2 Å². The van der Waals surface area contributed by atoms with E-state index in [2.05, 4.69) is 5.32 Å². The largest absolute Gasteiger partial charge is 0.475 e. The van der Waals surface area contributed by atoms with Gasteiger partial charge in [-0.15, -0.1) is 11.8 Å². The lowest BCUT2D eigenvalue weighted by Gasteiger charge is -2.21.